The van der Waals surface area contributed by atoms with Crippen molar-refractivity contribution in [1.29, 1.82) is 0 Å². The molecule has 0 heterocycles. The van der Waals surface area contributed by atoms with Gasteiger partial charge in [0.2, 0.25) is 0 Å². The summed E-state index contributed by atoms with van der Waals surface area (Å²) in [5.74, 6) is -3.11. The van der Waals surface area contributed by atoms with Gasteiger partial charge in [-0.25, -0.2) is 0 Å². The van der Waals surface area contributed by atoms with Crippen molar-refractivity contribution >= 4 is 78.3 Å². The third-order valence-corrected chi connectivity index (χ3v) is 13.3. The van der Waals surface area contributed by atoms with Crippen molar-refractivity contribution in [3.05, 3.63) is 0 Å². The topological polar surface area (TPSA) is 120 Å². The average molecular weight is 1010 g/mol. The fourth-order valence-corrected chi connectivity index (χ4v) is 8.00. The predicted octanol–water partition coefficient (Wildman–Crippen LogP) is 13.0. The first-order valence-corrected chi connectivity index (χ1v) is 28.8. The molecule has 3 unspecified atom stereocenters. The molecule has 0 radical (unpaired) electrons. The van der Waals surface area contributed by atoms with E-state index in [1.165, 1.54) is 197 Å². The Morgan fingerprint density at radius 3 is 0.617 bits per heavy atom. The number of unbranched alkanes of at least 4 members (excludes halogenated alkanes) is 32. The van der Waals surface area contributed by atoms with Crippen LogP contribution in [0.5, 0.6) is 0 Å². The molecule has 6 nitrogen and oxygen atoms in total. The second kappa shape index (κ2) is 59.3. The van der Waals surface area contributed by atoms with Gasteiger partial charge in [0.15, 0.2) is 0 Å². The minimum absolute atomic E-state index is 0.580. The summed E-state index contributed by atoms with van der Waals surface area (Å²) < 4.78 is 1.46. The third-order valence-electron chi connectivity index (χ3n) is 10.8. The van der Waals surface area contributed by atoms with Crippen molar-refractivity contribution in [2.45, 2.75) is 298 Å². The van der Waals surface area contributed by atoms with Crippen LogP contribution in [0.4, 0.5) is 0 Å². The summed E-state index contributed by atoms with van der Waals surface area (Å²) in [4.78, 5) is 31.2. The van der Waals surface area contributed by atoms with E-state index in [2.05, 4.69) is 65.6 Å². The molecule has 0 aromatic carbocycles. The molecule has 0 bridgehead atoms. The first kappa shape index (κ1) is 66.9. The number of hydrogen-bond donors (Lipinski definition) is 3. The molecule has 0 saturated carbocycles. The molecule has 356 valence electrons. The summed E-state index contributed by atoms with van der Waals surface area (Å²) in [5, 5.41) is 29.5. The fourth-order valence-electron chi connectivity index (χ4n) is 6.73. The molecule has 60 heavy (non-hydrogen) atoms. The first-order valence-electron chi connectivity index (χ1n) is 25.3. The second-order valence-corrected chi connectivity index (χ2v) is 20.2. The van der Waals surface area contributed by atoms with Gasteiger partial charge >= 0.3 is 72.4 Å². The van der Waals surface area contributed by atoms with Crippen LogP contribution in [0.1, 0.15) is 278 Å². The van der Waals surface area contributed by atoms with Crippen LogP contribution in [0.3, 0.4) is 0 Å². The van der Waals surface area contributed by atoms with Gasteiger partial charge in [0.1, 0.15) is 0 Å². The van der Waals surface area contributed by atoms with Crippen LogP contribution in [0.2, 0.25) is 4.44 Å². The summed E-state index contributed by atoms with van der Waals surface area (Å²) in [7, 11) is 0. The Bertz CT molecular complexity index is 752. The molecule has 0 amide bonds. The van der Waals surface area contributed by atoms with Gasteiger partial charge < -0.3 is 29.7 Å². The number of rotatable bonds is 42. The molecule has 0 spiro atoms. The van der Waals surface area contributed by atoms with E-state index >= 15 is 0 Å². The van der Waals surface area contributed by atoms with E-state index in [0.29, 0.717) is 19.3 Å². The van der Waals surface area contributed by atoms with Crippen molar-refractivity contribution in [3.8, 4) is 0 Å². The normalized spacial score (nSPS) is 12.2. The van der Waals surface area contributed by atoms with Crippen LogP contribution < -0.4 is 15.3 Å². The van der Waals surface area contributed by atoms with Crippen LogP contribution in [0, 0.1) is 0 Å². The molecular formula is C50H98O6S3Sn. The molecule has 0 aliphatic carbocycles. The maximum atomic E-state index is 10.4. The molecule has 0 aromatic rings. The van der Waals surface area contributed by atoms with E-state index in [9.17, 15) is 29.7 Å². The first-order chi connectivity index (χ1) is 29.0. The Kier molecular flexibility index (Phi) is 66.0. The quantitative estimate of drug-likeness (QED) is 0.0318. The zero-order valence-electron chi connectivity index (χ0n) is 39.8. The predicted molar refractivity (Wildman–Crippen MR) is 267 cm³/mol. The Labute approximate surface area is 403 Å². The molecule has 3 atom stereocenters. The Hall–Kier alpha value is 0.259. The fraction of sp³-hybridized carbons (Fsp3) is 0.940. The van der Waals surface area contributed by atoms with Crippen molar-refractivity contribution in [2.24, 2.45) is 0 Å². The van der Waals surface area contributed by atoms with Crippen LogP contribution >= 0.6 is 37.9 Å². The third kappa shape index (κ3) is 64.9. The Balaban J connectivity index is -0.000000356. The van der Waals surface area contributed by atoms with Crippen molar-refractivity contribution in [2.75, 3.05) is 0 Å². The van der Waals surface area contributed by atoms with E-state index < -0.39 is 33.7 Å². The molecule has 0 aliphatic heterocycles. The minimum atomic E-state index is -1.04. The van der Waals surface area contributed by atoms with E-state index in [1.807, 2.05) is 0 Å². The molecule has 10 heteroatoms. The van der Waals surface area contributed by atoms with Crippen LogP contribution in [-0.2, 0) is 14.4 Å². The van der Waals surface area contributed by atoms with Crippen molar-refractivity contribution < 1.29 is 29.7 Å². The number of carboxylic acid groups (broad SMARTS) is 3. The van der Waals surface area contributed by atoms with Crippen LogP contribution in [0.25, 0.3) is 0 Å². The number of carbonyl (C=O) groups is 3. The Morgan fingerprint density at radius 1 is 0.317 bits per heavy atom. The van der Waals surface area contributed by atoms with Gasteiger partial charge in [-0.1, -0.05) is 213 Å². The summed E-state index contributed by atoms with van der Waals surface area (Å²) >= 11 is 13.6. The van der Waals surface area contributed by atoms with E-state index in [0.717, 1.165) is 38.5 Å². The maximum absolute atomic E-state index is 10.4. The number of aliphatic carboxylic acids is 3. The average Bonchev–Trinajstić information content (AvgIpc) is 3.23. The summed E-state index contributed by atoms with van der Waals surface area (Å²) in [6.07, 6.45) is 48.7. The number of thiol groups is 3. The molecule has 0 aromatic heterocycles. The van der Waals surface area contributed by atoms with Gasteiger partial charge in [-0.05, 0) is 19.3 Å². The Morgan fingerprint density at radius 2 is 0.467 bits per heavy atom. The molecular weight excluding hydrogens is 911 g/mol. The van der Waals surface area contributed by atoms with E-state index in [4.69, 9.17) is 0 Å². The molecule has 0 fully saturated rings. The number of carboxylic acids is 3. The number of hydrogen-bond acceptors (Lipinski definition) is 9. The van der Waals surface area contributed by atoms with Crippen LogP contribution in [-0.4, -0.2) is 56.2 Å². The van der Waals surface area contributed by atoms with Crippen molar-refractivity contribution in [1.82, 2.24) is 0 Å². The summed E-state index contributed by atoms with van der Waals surface area (Å²) in [6.45, 7) is 8.98. The zero-order valence-corrected chi connectivity index (χ0v) is 45.3. The van der Waals surface area contributed by atoms with Crippen molar-refractivity contribution in [3.63, 3.8) is 0 Å². The summed E-state index contributed by atoms with van der Waals surface area (Å²) in [6, 6.07) is 0. The molecule has 0 saturated heterocycles. The van der Waals surface area contributed by atoms with Crippen LogP contribution in [0.15, 0.2) is 0 Å². The number of carbonyl (C=O) groups excluding carboxylic acids is 3. The van der Waals surface area contributed by atoms with Gasteiger partial charge in [-0.3, -0.25) is 0 Å². The van der Waals surface area contributed by atoms with Gasteiger partial charge in [0.25, 0.3) is 0 Å². The van der Waals surface area contributed by atoms with Gasteiger partial charge in [-0.2, -0.15) is 37.9 Å². The molecule has 0 aliphatic rings. The second-order valence-electron chi connectivity index (χ2n) is 16.9. The molecule has 0 N–H and O–H groups in total. The molecule has 0 rings (SSSR count). The van der Waals surface area contributed by atoms with Gasteiger partial charge in [0, 0.05) is 15.7 Å². The monoisotopic (exact) mass is 1010 g/mol. The standard InChI is InChI=1S/3C14H28O2S.C8H17.Sn/c3*1-2-3-4-5-6-7-8-9-10-11-12-13(17)14(15)16;1-3-5-7-8-6-4-2;/h3*13,17H,2-12H2,1H3,(H,15,16);1,3-8H2,2H3;/q;;;;+3/p-3. The van der Waals surface area contributed by atoms with E-state index in [1.54, 1.807) is 22.5 Å². The van der Waals surface area contributed by atoms with E-state index in [-0.39, 0.29) is 0 Å². The SMILES string of the molecule is CCCCCCCCCCCCC(S)C(=O)[O-].CCCCCCCCCCCCC(S)C(=O)[O-].CCCCCCCCCCCCC(S)C(=O)[O-].CCCCCCC[CH2][Sn+3]. The van der Waals surface area contributed by atoms with Gasteiger partial charge in [-0.15, -0.1) is 0 Å². The zero-order chi connectivity index (χ0) is 45.7. The summed E-state index contributed by atoms with van der Waals surface area (Å²) in [5.41, 5.74) is 0. The van der Waals surface area contributed by atoms with Gasteiger partial charge in [0.05, 0.1) is 17.9 Å².